The lowest BCUT2D eigenvalue weighted by atomic mass is 10.2. The molecule has 0 aliphatic carbocycles. The van der Waals surface area contributed by atoms with Crippen molar-refractivity contribution < 1.29 is 4.79 Å². The third-order valence-corrected chi connectivity index (χ3v) is 4.18. The summed E-state index contributed by atoms with van der Waals surface area (Å²) in [6, 6.07) is 9.62. The highest BCUT2D eigenvalue weighted by Gasteiger charge is 2.15. The Balaban J connectivity index is 1.73. The number of carbonyl (C=O) groups excluding carboxylic acids is 1. The zero-order valence-corrected chi connectivity index (χ0v) is 13.1. The van der Waals surface area contributed by atoms with E-state index >= 15 is 0 Å². The molecule has 0 atom stereocenters. The van der Waals surface area contributed by atoms with Gasteiger partial charge in [-0.3, -0.25) is 4.79 Å². The SMILES string of the molecule is O=C(NCc1cccc(Br)c1)c1sccc1-n1cnnn1. The first-order valence-corrected chi connectivity index (χ1v) is 7.75. The van der Waals surface area contributed by atoms with Gasteiger partial charge in [0.1, 0.15) is 11.2 Å². The molecule has 0 aliphatic heterocycles. The summed E-state index contributed by atoms with van der Waals surface area (Å²) in [4.78, 5) is 12.9. The number of hydrogen-bond donors (Lipinski definition) is 1. The Morgan fingerprint density at radius 3 is 3.05 bits per heavy atom. The molecule has 3 aromatic rings. The van der Waals surface area contributed by atoms with Crippen LogP contribution in [0.4, 0.5) is 0 Å². The number of rotatable bonds is 4. The van der Waals surface area contributed by atoms with Crippen LogP contribution in [0.25, 0.3) is 5.69 Å². The number of tetrazole rings is 1. The first kappa shape index (κ1) is 13.9. The van der Waals surface area contributed by atoms with Crippen molar-refractivity contribution >= 4 is 33.2 Å². The van der Waals surface area contributed by atoms with Crippen molar-refractivity contribution in [3.8, 4) is 5.69 Å². The molecule has 0 saturated heterocycles. The van der Waals surface area contributed by atoms with Crippen LogP contribution in [-0.4, -0.2) is 26.1 Å². The second-order valence-corrected chi connectivity index (χ2v) is 6.03. The summed E-state index contributed by atoms with van der Waals surface area (Å²) in [6.07, 6.45) is 1.47. The normalized spacial score (nSPS) is 10.5. The van der Waals surface area contributed by atoms with Crippen LogP contribution in [0.1, 0.15) is 15.2 Å². The van der Waals surface area contributed by atoms with Gasteiger partial charge in [-0.05, 0) is 39.6 Å². The average molecular weight is 364 g/mol. The fourth-order valence-electron chi connectivity index (χ4n) is 1.83. The van der Waals surface area contributed by atoms with E-state index in [-0.39, 0.29) is 5.91 Å². The molecule has 0 bridgehead atoms. The quantitative estimate of drug-likeness (QED) is 0.772. The van der Waals surface area contributed by atoms with Crippen molar-refractivity contribution in [2.45, 2.75) is 6.54 Å². The summed E-state index contributed by atoms with van der Waals surface area (Å²) in [5.74, 6) is -0.143. The lowest BCUT2D eigenvalue weighted by Gasteiger charge is -2.06. The Labute approximate surface area is 132 Å². The van der Waals surface area contributed by atoms with Gasteiger partial charge in [0.25, 0.3) is 5.91 Å². The van der Waals surface area contributed by atoms with Crippen LogP contribution in [0.2, 0.25) is 0 Å². The molecule has 0 aliphatic rings. The molecule has 3 rings (SSSR count). The molecule has 1 aromatic carbocycles. The number of nitrogens with one attached hydrogen (secondary N) is 1. The zero-order chi connectivity index (χ0) is 14.7. The van der Waals surface area contributed by atoms with E-state index in [2.05, 4.69) is 36.8 Å². The molecule has 106 valence electrons. The minimum absolute atomic E-state index is 0.143. The van der Waals surface area contributed by atoms with Gasteiger partial charge in [-0.2, -0.15) is 4.68 Å². The molecular formula is C13H10BrN5OS. The van der Waals surface area contributed by atoms with E-state index in [1.807, 2.05) is 35.7 Å². The van der Waals surface area contributed by atoms with Crippen LogP contribution < -0.4 is 5.32 Å². The monoisotopic (exact) mass is 363 g/mol. The highest BCUT2D eigenvalue weighted by Crippen LogP contribution is 2.20. The largest absolute Gasteiger partial charge is 0.347 e. The Kier molecular flexibility index (Phi) is 4.07. The van der Waals surface area contributed by atoms with Crippen molar-refractivity contribution in [1.29, 1.82) is 0 Å². The van der Waals surface area contributed by atoms with E-state index in [1.54, 1.807) is 0 Å². The number of nitrogens with zero attached hydrogens (tertiary/aromatic N) is 4. The predicted molar refractivity (Wildman–Crippen MR) is 82.3 cm³/mol. The lowest BCUT2D eigenvalue weighted by molar-refractivity contribution is 0.0955. The molecule has 2 aromatic heterocycles. The standard InChI is InChI=1S/C13H10BrN5OS/c14-10-3-1-2-9(6-10)7-15-13(20)12-11(4-5-21-12)19-8-16-17-18-19/h1-6,8H,7H2,(H,15,20). The van der Waals surface area contributed by atoms with Gasteiger partial charge in [0.05, 0.1) is 5.69 Å². The van der Waals surface area contributed by atoms with Crippen LogP contribution in [-0.2, 0) is 6.54 Å². The van der Waals surface area contributed by atoms with Gasteiger partial charge in [0.2, 0.25) is 0 Å². The van der Waals surface area contributed by atoms with Gasteiger partial charge in [-0.25, -0.2) is 0 Å². The molecule has 1 amide bonds. The Morgan fingerprint density at radius 1 is 1.38 bits per heavy atom. The van der Waals surface area contributed by atoms with E-state index in [4.69, 9.17) is 0 Å². The second-order valence-electron chi connectivity index (χ2n) is 4.20. The van der Waals surface area contributed by atoms with Crippen LogP contribution in [0.3, 0.4) is 0 Å². The van der Waals surface area contributed by atoms with E-state index in [1.165, 1.54) is 22.3 Å². The highest BCUT2D eigenvalue weighted by atomic mass is 79.9. The van der Waals surface area contributed by atoms with Crippen molar-refractivity contribution in [2.75, 3.05) is 0 Å². The third kappa shape index (κ3) is 3.17. The Morgan fingerprint density at radius 2 is 2.29 bits per heavy atom. The van der Waals surface area contributed by atoms with E-state index in [9.17, 15) is 4.79 Å². The predicted octanol–water partition coefficient (Wildman–Crippen LogP) is 2.42. The summed E-state index contributed by atoms with van der Waals surface area (Å²) in [5, 5.41) is 15.7. The van der Waals surface area contributed by atoms with Gasteiger partial charge in [0.15, 0.2) is 0 Å². The number of hydrogen-bond acceptors (Lipinski definition) is 5. The minimum atomic E-state index is -0.143. The van der Waals surface area contributed by atoms with Crippen molar-refractivity contribution in [2.24, 2.45) is 0 Å². The van der Waals surface area contributed by atoms with Crippen LogP contribution in [0.5, 0.6) is 0 Å². The number of thiophene rings is 1. The maximum Gasteiger partial charge on any atom is 0.263 e. The summed E-state index contributed by atoms with van der Waals surface area (Å²) in [5.41, 5.74) is 1.70. The first-order chi connectivity index (χ1) is 10.2. The number of aromatic nitrogens is 4. The van der Waals surface area contributed by atoms with Gasteiger partial charge in [-0.15, -0.1) is 16.4 Å². The molecule has 0 fully saturated rings. The Bertz CT molecular complexity index is 756. The van der Waals surface area contributed by atoms with Crippen LogP contribution >= 0.6 is 27.3 Å². The molecule has 0 saturated carbocycles. The minimum Gasteiger partial charge on any atom is -0.347 e. The van der Waals surface area contributed by atoms with Gasteiger partial charge < -0.3 is 5.32 Å². The number of carbonyl (C=O) groups is 1. The summed E-state index contributed by atoms with van der Waals surface area (Å²) >= 11 is 4.77. The van der Waals surface area contributed by atoms with Gasteiger partial charge in [0, 0.05) is 11.0 Å². The molecule has 0 unspecified atom stereocenters. The molecule has 1 N–H and O–H groups in total. The molecule has 2 heterocycles. The van der Waals surface area contributed by atoms with Crippen molar-refractivity contribution in [3.63, 3.8) is 0 Å². The Hall–Kier alpha value is -2.06. The smallest absolute Gasteiger partial charge is 0.263 e. The zero-order valence-electron chi connectivity index (χ0n) is 10.7. The fourth-order valence-corrected chi connectivity index (χ4v) is 3.08. The fraction of sp³-hybridized carbons (Fsp3) is 0.0769. The van der Waals surface area contributed by atoms with Gasteiger partial charge >= 0.3 is 0 Å². The summed E-state index contributed by atoms with van der Waals surface area (Å²) in [7, 11) is 0. The average Bonchev–Trinajstić information content (AvgIpc) is 3.14. The molecule has 21 heavy (non-hydrogen) atoms. The second kappa shape index (κ2) is 6.15. The van der Waals surface area contributed by atoms with Crippen LogP contribution in [0, 0.1) is 0 Å². The highest BCUT2D eigenvalue weighted by molar-refractivity contribution is 9.10. The lowest BCUT2D eigenvalue weighted by Crippen LogP contribution is -2.23. The maximum absolute atomic E-state index is 12.3. The number of amides is 1. The topological polar surface area (TPSA) is 72.7 Å². The maximum atomic E-state index is 12.3. The molecule has 0 spiro atoms. The van der Waals surface area contributed by atoms with E-state index in [0.29, 0.717) is 17.1 Å². The number of benzene rings is 1. The third-order valence-electron chi connectivity index (χ3n) is 2.79. The van der Waals surface area contributed by atoms with Gasteiger partial charge in [-0.1, -0.05) is 28.1 Å². The van der Waals surface area contributed by atoms with Crippen molar-refractivity contribution in [3.05, 3.63) is 57.0 Å². The first-order valence-electron chi connectivity index (χ1n) is 6.07. The molecule has 8 heteroatoms. The molecular weight excluding hydrogens is 354 g/mol. The summed E-state index contributed by atoms with van der Waals surface area (Å²) in [6.45, 7) is 0.464. The van der Waals surface area contributed by atoms with E-state index < -0.39 is 0 Å². The van der Waals surface area contributed by atoms with E-state index in [0.717, 1.165) is 10.0 Å². The summed E-state index contributed by atoms with van der Waals surface area (Å²) < 4.78 is 2.46. The van der Waals surface area contributed by atoms with Crippen LogP contribution in [0.15, 0.2) is 46.5 Å². The molecule has 6 nitrogen and oxygen atoms in total. The van der Waals surface area contributed by atoms with Crippen molar-refractivity contribution in [1.82, 2.24) is 25.5 Å². The molecule has 0 radical (unpaired) electrons. The number of halogens is 1.